The molecule has 0 bridgehead atoms. The minimum atomic E-state index is -4.52. The summed E-state index contributed by atoms with van der Waals surface area (Å²) in [5.41, 5.74) is 0.00543. The number of piperidine rings is 1. The predicted molar refractivity (Wildman–Crippen MR) is 87.6 cm³/mol. The molecular formula is C17H24F3N3O2. The topological polar surface area (TPSA) is 54.5 Å². The molecule has 0 aliphatic carbocycles. The zero-order valence-corrected chi connectivity index (χ0v) is 14.5. The van der Waals surface area contributed by atoms with Crippen LogP contribution in [0.15, 0.2) is 18.3 Å². The van der Waals surface area contributed by atoms with Crippen molar-refractivity contribution in [3.05, 3.63) is 23.9 Å². The molecule has 1 N–H and O–H groups in total. The molecular weight excluding hydrogens is 335 g/mol. The van der Waals surface area contributed by atoms with Gasteiger partial charge in [-0.2, -0.15) is 13.2 Å². The molecule has 2 rings (SSSR count). The molecule has 1 atom stereocenters. The minimum Gasteiger partial charge on any atom is -0.464 e. The van der Waals surface area contributed by atoms with Gasteiger partial charge in [0.25, 0.3) is 5.91 Å². The van der Waals surface area contributed by atoms with E-state index in [9.17, 15) is 18.0 Å². The number of pyridine rings is 1. The molecule has 5 nitrogen and oxygen atoms in total. The lowest BCUT2D eigenvalue weighted by Crippen LogP contribution is -2.39. The highest BCUT2D eigenvalue weighted by molar-refractivity contribution is 5.96. The Labute approximate surface area is 145 Å². The highest BCUT2D eigenvalue weighted by Crippen LogP contribution is 2.25. The van der Waals surface area contributed by atoms with Crippen LogP contribution in [0.2, 0.25) is 0 Å². The number of carbonyl (C=O) groups excluding carboxylic acids is 1. The van der Waals surface area contributed by atoms with E-state index < -0.39 is 18.2 Å². The second-order valence-electron chi connectivity index (χ2n) is 6.44. The number of carbonyl (C=O) groups is 1. The number of alkyl halides is 3. The summed E-state index contributed by atoms with van der Waals surface area (Å²) in [4.78, 5) is 18.3. The van der Waals surface area contributed by atoms with Gasteiger partial charge in [0.1, 0.15) is 5.56 Å². The standard InChI is InChI=1S/C17H24F3N3O2/c1-12-5-9-23(10-6-12)11-8-21-15(24)14-4-3-7-22-16(14)25-13(2)17(18,19)20/h3-4,7,12-13H,5-6,8-11H2,1-2H3,(H,21,24). The molecule has 2 heterocycles. The molecule has 1 aliphatic rings. The summed E-state index contributed by atoms with van der Waals surface area (Å²) in [6.45, 7) is 6.26. The highest BCUT2D eigenvalue weighted by Gasteiger charge is 2.39. The summed E-state index contributed by atoms with van der Waals surface area (Å²) < 4.78 is 42.8. The first-order valence-corrected chi connectivity index (χ1v) is 8.46. The maximum atomic E-state index is 12.6. The fourth-order valence-corrected chi connectivity index (χ4v) is 2.60. The number of ether oxygens (including phenoxy) is 1. The van der Waals surface area contributed by atoms with Crippen molar-refractivity contribution in [3.8, 4) is 5.88 Å². The van der Waals surface area contributed by atoms with Crippen molar-refractivity contribution in [1.82, 2.24) is 15.2 Å². The molecule has 25 heavy (non-hydrogen) atoms. The number of rotatable bonds is 6. The fourth-order valence-electron chi connectivity index (χ4n) is 2.60. The molecule has 1 aliphatic heterocycles. The normalized spacial score (nSPS) is 18.0. The average molecular weight is 359 g/mol. The maximum absolute atomic E-state index is 12.6. The van der Waals surface area contributed by atoms with Gasteiger partial charge in [-0.05, 0) is 50.9 Å². The van der Waals surface area contributed by atoms with Crippen LogP contribution in [-0.4, -0.2) is 54.3 Å². The number of hydrogen-bond donors (Lipinski definition) is 1. The van der Waals surface area contributed by atoms with Crippen molar-refractivity contribution >= 4 is 5.91 Å². The Kier molecular flexibility index (Phi) is 6.64. The number of halogens is 3. The molecule has 8 heteroatoms. The summed E-state index contributed by atoms with van der Waals surface area (Å²) in [5, 5.41) is 2.73. The van der Waals surface area contributed by atoms with Crippen LogP contribution in [0, 0.1) is 5.92 Å². The molecule has 1 amide bonds. The number of nitrogens with one attached hydrogen (secondary N) is 1. The van der Waals surface area contributed by atoms with Gasteiger partial charge in [-0.25, -0.2) is 4.98 Å². The van der Waals surface area contributed by atoms with Crippen LogP contribution < -0.4 is 10.1 Å². The average Bonchev–Trinajstić information content (AvgIpc) is 2.56. The van der Waals surface area contributed by atoms with E-state index in [0.717, 1.165) is 38.8 Å². The lowest BCUT2D eigenvalue weighted by Gasteiger charge is -2.30. The van der Waals surface area contributed by atoms with Crippen LogP contribution in [0.1, 0.15) is 37.0 Å². The second-order valence-corrected chi connectivity index (χ2v) is 6.44. The van der Waals surface area contributed by atoms with Crippen LogP contribution in [0.3, 0.4) is 0 Å². The number of likely N-dealkylation sites (tertiary alicyclic amines) is 1. The first kappa shape index (κ1) is 19.5. The summed E-state index contributed by atoms with van der Waals surface area (Å²) in [6, 6.07) is 2.90. The Balaban J connectivity index is 1.89. The third kappa shape index (κ3) is 5.88. The van der Waals surface area contributed by atoms with E-state index in [1.54, 1.807) is 0 Å². The lowest BCUT2D eigenvalue weighted by atomic mass is 9.99. The van der Waals surface area contributed by atoms with Gasteiger partial charge in [0.15, 0.2) is 6.10 Å². The largest absolute Gasteiger partial charge is 0.464 e. The van der Waals surface area contributed by atoms with Crippen molar-refractivity contribution in [2.24, 2.45) is 5.92 Å². The predicted octanol–water partition coefficient (Wildman–Crippen LogP) is 2.87. The Hall–Kier alpha value is -1.83. The van der Waals surface area contributed by atoms with Gasteiger partial charge >= 0.3 is 6.18 Å². The summed E-state index contributed by atoms with van der Waals surface area (Å²) in [7, 11) is 0. The van der Waals surface area contributed by atoms with E-state index in [0.29, 0.717) is 13.1 Å². The van der Waals surface area contributed by atoms with Gasteiger partial charge in [-0.15, -0.1) is 0 Å². The molecule has 1 aromatic rings. The summed E-state index contributed by atoms with van der Waals surface area (Å²) >= 11 is 0. The van der Waals surface area contributed by atoms with Gasteiger partial charge in [0, 0.05) is 19.3 Å². The minimum absolute atomic E-state index is 0.00543. The fraction of sp³-hybridized carbons (Fsp3) is 0.647. The zero-order valence-electron chi connectivity index (χ0n) is 14.5. The number of hydrogen-bond acceptors (Lipinski definition) is 4. The van der Waals surface area contributed by atoms with Gasteiger partial charge in [0.2, 0.25) is 5.88 Å². The third-order valence-corrected chi connectivity index (χ3v) is 4.35. The zero-order chi connectivity index (χ0) is 18.4. The molecule has 140 valence electrons. The highest BCUT2D eigenvalue weighted by atomic mass is 19.4. The van der Waals surface area contributed by atoms with Crippen LogP contribution in [0.4, 0.5) is 13.2 Å². The summed E-state index contributed by atoms with van der Waals surface area (Å²) in [5.74, 6) is -0.0592. The molecule has 0 spiro atoms. The Morgan fingerprint density at radius 3 is 2.76 bits per heavy atom. The van der Waals surface area contributed by atoms with E-state index in [-0.39, 0.29) is 11.4 Å². The quantitative estimate of drug-likeness (QED) is 0.849. The maximum Gasteiger partial charge on any atom is 0.425 e. The molecule has 1 unspecified atom stereocenters. The van der Waals surface area contributed by atoms with Crippen molar-refractivity contribution in [2.75, 3.05) is 26.2 Å². The first-order valence-electron chi connectivity index (χ1n) is 8.46. The molecule has 0 aromatic carbocycles. The monoisotopic (exact) mass is 359 g/mol. The SMILES string of the molecule is CC1CCN(CCNC(=O)c2cccnc2OC(C)C(F)(F)F)CC1. The van der Waals surface area contributed by atoms with E-state index >= 15 is 0 Å². The lowest BCUT2D eigenvalue weighted by molar-refractivity contribution is -0.190. The molecule has 0 saturated carbocycles. The second kappa shape index (κ2) is 8.51. The first-order chi connectivity index (χ1) is 11.8. The molecule has 1 aromatic heterocycles. The van der Waals surface area contributed by atoms with E-state index in [1.165, 1.54) is 18.3 Å². The number of aromatic nitrogens is 1. The van der Waals surface area contributed by atoms with Crippen molar-refractivity contribution in [2.45, 2.75) is 39.0 Å². The Morgan fingerprint density at radius 1 is 1.44 bits per heavy atom. The van der Waals surface area contributed by atoms with E-state index in [2.05, 4.69) is 22.1 Å². The number of nitrogens with zero attached hydrogens (tertiary/aromatic N) is 2. The van der Waals surface area contributed by atoms with Gasteiger partial charge in [0.05, 0.1) is 0 Å². The molecule has 1 saturated heterocycles. The third-order valence-electron chi connectivity index (χ3n) is 4.35. The Morgan fingerprint density at radius 2 is 2.12 bits per heavy atom. The van der Waals surface area contributed by atoms with Crippen LogP contribution in [-0.2, 0) is 0 Å². The van der Waals surface area contributed by atoms with E-state index in [4.69, 9.17) is 4.74 Å². The van der Waals surface area contributed by atoms with Gasteiger partial charge < -0.3 is 15.0 Å². The van der Waals surface area contributed by atoms with Gasteiger partial charge in [-0.1, -0.05) is 6.92 Å². The van der Waals surface area contributed by atoms with Gasteiger partial charge in [-0.3, -0.25) is 4.79 Å². The van der Waals surface area contributed by atoms with Crippen LogP contribution in [0.5, 0.6) is 5.88 Å². The molecule has 0 radical (unpaired) electrons. The molecule has 1 fully saturated rings. The number of amides is 1. The van der Waals surface area contributed by atoms with Crippen molar-refractivity contribution < 1.29 is 22.7 Å². The Bertz CT molecular complexity index is 573. The van der Waals surface area contributed by atoms with Crippen LogP contribution in [0.25, 0.3) is 0 Å². The van der Waals surface area contributed by atoms with Crippen molar-refractivity contribution in [1.29, 1.82) is 0 Å². The van der Waals surface area contributed by atoms with E-state index in [1.807, 2.05) is 0 Å². The van der Waals surface area contributed by atoms with Crippen LogP contribution >= 0.6 is 0 Å². The smallest absolute Gasteiger partial charge is 0.425 e. The van der Waals surface area contributed by atoms with Crippen molar-refractivity contribution in [3.63, 3.8) is 0 Å². The summed E-state index contributed by atoms with van der Waals surface area (Å²) in [6.07, 6.45) is -2.97.